The molecule has 5 heteroatoms. The normalized spacial score (nSPS) is 13.9. The molecule has 80 valence electrons. The van der Waals surface area contributed by atoms with Gasteiger partial charge in [-0.1, -0.05) is 6.07 Å². The van der Waals surface area contributed by atoms with Crippen molar-refractivity contribution in [2.75, 3.05) is 6.67 Å². The topological polar surface area (TPSA) is 57.2 Å². The van der Waals surface area contributed by atoms with Crippen molar-refractivity contribution in [2.45, 2.75) is 6.54 Å². The molecule has 0 saturated heterocycles. The van der Waals surface area contributed by atoms with Gasteiger partial charge in [0.15, 0.2) is 5.49 Å². The van der Waals surface area contributed by atoms with Crippen molar-refractivity contribution in [3.05, 3.63) is 47.3 Å². The van der Waals surface area contributed by atoms with E-state index in [0.29, 0.717) is 6.67 Å². The molecule has 2 aromatic rings. The number of H-pyrrole nitrogens is 1. The number of nitrogens with zero attached hydrogens (tertiary/aromatic N) is 4. The Balaban J connectivity index is 1.85. The molecular formula is C11H11N5. The summed E-state index contributed by atoms with van der Waals surface area (Å²) in [6.07, 6.45) is 5.50. The summed E-state index contributed by atoms with van der Waals surface area (Å²) < 4.78 is 0. The van der Waals surface area contributed by atoms with Crippen molar-refractivity contribution in [2.24, 2.45) is 4.99 Å². The van der Waals surface area contributed by atoms with Crippen molar-refractivity contribution >= 4 is 6.20 Å². The maximum atomic E-state index is 4.36. The van der Waals surface area contributed by atoms with Crippen molar-refractivity contribution < 1.29 is 0 Å². The van der Waals surface area contributed by atoms with Crippen LogP contribution in [0.5, 0.6) is 0 Å². The van der Waals surface area contributed by atoms with E-state index in [4.69, 9.17) is 0 Å². The molecule has 0 aromatic carbocycles. The highest BCUT2D eigenvalue weighted by Crippen LogP contribution is 2.02. The second-order valence-corrected chi connectivity index (χ2v) is 3.64. The number of hydrogen-bond acceptors (Lipinski definition) is 4. The largest absolute Gasteiger partial charge is 0.350 e. The smallest absolute Gasteiger partial charge is 0.176 e. The molecule has 0 saturated carbocycles. The van der Waals surface area contributed by atoms with E-state index in [-0.39, 0.29) is 0 Å². The summed E-state index contributed by atoms with van der Waals surface area (Å²) >= 11 is 0. The van der Waals surface area contributed by atoms with Crippen molar-refractivity contribution in [3.63, 3.8) is 0 Å². The van der Waals surface area contributed by atoms with Gasteiger partial charge in [0, 0.05) is 12.4 Å². The molecule has 0 amide bonds. The van der Waals surface area contributed by atoms with Crippen LogP contribution < -0.4 is 10.8 Å². The van der Waals surface area contributed by atoms with Gasteiger partial charge in [-0.25, -0.2) is 9.98 Å². The number of nitrogens with one attached hydrogen (secondary N) is 1. The summed E-state index contributed by atoms with van der Waals surface area (Å²) in [7, 11) is 0. The van der Waals surface area contributed by atoms with E-state index in [0.717, 1.165) is 23.1 Å². The number of imidazole rings is 1. The summed E-state index contributed by atoms with van der Waals surface area (Å²) in [4.78, 5) is 17.9. The van der Waals surface area contributed by atoms with Crippen LogP contribution in [0.3, 0.4) is 0 Å². The SMILES string of the molecule is C1=c2[nH]cnc2=NCN1Cc1ccccn1. The standard InChI is InChI=1S/C11H11N5/c1-2-4-12-9(3-1)5-16-6-10-11(15-8-16)14-7-13-10/h1-4,6-7H,5,8H2,(H,13,14,15). The molecular weight excluding hydrogens is 202 g/mol. The zero-order valence-electron chi connectivity index (χ0n) is 8.67. The van der Waals surface area contributed by atoms with Gasteiger partial charge in [0.25, 0.3) is 0 Å². The average Bonchev–Trinajstić information content (AvgIpc) is 2.77. The lowest BCUT2D eigenvalue weighted by atomic mass is 10.3. The molecule has 5 nitrogen and oxygen atoms in total. The molecule has 0 spiro atoms. The van der Waals surface area contributed by atoms with E-state index in [1.807, 2.05) is 24.4 Å². The number of hydrogen-bond donors (Lipinski definition) is 1. The lowest BCUT2D eigenvalue weighted by Crippen LogP contribution is -2.36. The number of rotatable bonds is 2. The summed E-state index contributed by atoms with van der Waals surface area (Å²) in [5, 5.41) is 0.960. The molecule has 1 aliphatic heterocycles. The van der Waals surface area contributed by atoms with Gasteiger partial charge in [-0.05, 0) is 12.1 Å². The van der Waals surface area contributed by atoms with Crippen LogP contribution in [0, 0.1) is 0 Å². The lowest BCUT2D eigenvalue weighted by Gasteiger charge is -2.18. The summed E-state index contributed by atoms with van der Waals surface area (Å²) in [5.41, 5.74) is 1.83. The maximum Gasteiger partial charge on any atom is 0.176 e. The van der Waals surface area contributed by atoms with Crippen LogP contribution in [0.15, 0.2) is 35.7 Å². The van der Waals surface area contributed by atoms with E-state index in [2.05, 4.69) is 24.8 Å². The fraction of sp³-hybridized carbons (Fsp3) is 0.182. The number of fused-ring (bicyclic) bond motifs is 1. The van der Waals surface area contributed by atoms with E-state index < -0.39 is 0 Å². The minimum Gasteiger partial charge on any atom is -0.350 e. The molecule has 1 N–H and O–H groups in total. The van der Waals surface area contributed by atoms with Gasteiger partial charge in [-0.3, -0.25) is 4.98 Å². The molecule has 0 aliphatic carbocycles. The Morgan fingerprint density at radius 2 is 2.31 bits per heavy atom. The zero-order valence-corrected chi connectivity index (χ0v) is 8.67. The number of pyridine rings is 1. The van der Waals surface area contributed by atoms with Crippen molar-refractivity contribution in [3.8, 4) is 0 Å². The third-order valence-electron chi connectivity index (χ3n) is 2.45. The van der Waals surface area contributed by atoms with E-state index in [1.165, 1.54) is 0 Å². The first kappa shape index (κ1) is 9.08. The molecule has 3 rings (SSSR count). The van der Waals surface area contributed by atoms with E-state index in [9.17, 15) is 0 Å². The van der Waals surface area contributed by atoms with Gasteiger partial charge in [0.2, 0.25) is 0 Å². The Morgan fingerprint density at radius 3 is 3.19 bits per heavy atom. The van der Waals surface area contributed by atoms with Crippen LogP contribution in [0.1, 0.15) is 5.69 Å². The molecule has 0 atom stereocenters. The molecule has 0 bridgehead atoms. The Hall–Kier alpha value is -2.17. The Kier molecular flexibility index (Phi) is 2.14. The van der Waals surface area contributed by atoms with Crippen molar-refractivity contribution in [1.82, 2.24) is 19.9 Å². The summed E-state index contributed by atoms with van der Waals surface area (Å²) in [6.45, 7) is 1.40. The maximum absolute atomic E-state index is 4.36. The van der Waals surface area contributed by atoms with Crippen LogP contribution in [0.25, 0.3) is 6.20 Å². The van der Waals surface area contributed by atoms with Gasteiger partial charge in [0.1, 0.15) is 12.0 Å². The lowest BCUT2D eigenvalue weighted by molar-refractivity contribution is 0.400. The Bertz CT molecular complexity index is 586. The van der Waals surface area contributed by atoms with Crippen LogP contribution in [-0.4, -0.2) is 26.5 Å². The second-order valence-electron chi connectivity index (χ2n) is 3.64. The molecule has 3 heterocycles. The van der Waals surface area contributed by atoms with Gasteiger partial charge < -0.3 is 9.88 Å². The molecule has 1 aliphatic rings. The zero-order chi connectivity index (χ0) is 10.8. The minimum absolute atomic E-state index is 0.633. The van der Waals surface area contributed by atoms with Crippen molar-refractivity contribution in [1.29, 1.82) is 0 Å². The van der Waals surface area contributed by atoms with Gasteiger partial charge in [-0.15, -0.1) is 0 Å². The van der Waals surface area contributed by atoms with Gasteiger partial charge >= 0.3 is 0 Å². The summed E-state index contributed by atoms with van der Waals surface area (Å²) in [6, 6.07) is 5.92. The highest BCUT2D eigenvalue weighted by Gasteiger charge is 2.06. The predicted molar refractivity (Wildman–Crippen MR) is 58.5 cm³/mol. The predicted octanol–water partition coefficient (Wildman–Crippen LogP) is -0.364. The van der Waals surface area contributed by atoms with Crippen LogP contribution in [0.4, 0.5) is 0 Å². The molecule has 16 heavy (non-hydrogen) atoms. The van der Waals surface area contributed by atoms with Gasteiger partial charge in [-0.2, -0.15) is 0 Å². The first-order valence-corrected chi connectivity index (χ1v) is 5.11. The Labute approximate surface area is 92.2 Å². The molecule has 2 aromatic heterocycles. The third-order valence-corrected chi connectivity index (χ3v) is 2.45. The fourth-order valence-corrected chi connectivity index (χ4v) is 1.69. The van der Waals surface area contributed by atoms with Crippen LogP contribution in [0.2, 0.25) is 0 Å². The Morgan fingerprint density at radius 1 is 1.31 bits per heavy atom. The highest BCUT2D eigenvalue weighted by molar-refractivity contribution is 5.18. The summed E-state index contributed by atoms with van der Waals surface area (Å²) in [5.74, 6) is 0. The van der Waals surface area contributed by atoms with Crippen LogP contribution >= 0.6 is 0 Å². The molecule has 0 radical (unpaired) electrons. The quantitative estimate of drug-likeness (QED) is 0.741. The molecule has 0 unspecified atom stereocenters. The first-order valence-electron chi connectivity index (χ1n) is 5.11. The fourth-order valence-electron chi connectivity index (χ4n) is 1.69. The van der Waals surface area contributed by atoms with E-state index in [1.54, 1.807) is 12.5 Å². The monoisotopic (exact) mass is 213 g/mol. The second kappa shape index (κ2) is 3.77. The minimum atomic E-state index is 0.633. The third kappa shape index (κ3) is 1.67. The van der Waals surface area contributed by atoms with Gasteiger partial charge in [0.05, 0.1) is 18.6 Å². The average molecular weight is 213 g/mol. The first-order chi connectivity index (χ1) is 7.92. The number of aromatic nitrogens is 3. The molecule has 0 fully saturated rings. The number of aromatic amines is 1. The van der Waals surface area contributed by atoms with E-state index >= 15 is 0 Å². The highest BCUT2D eigenvalue weighted by atomic mass is 15.2. The van der Waals surface area contributed by atoms with Crippen LogP contribution in [-0.2, 0) is 6.54 Å².